The van der Waals surface area contributed by atoms with Crippen molar-refractivity contribution in [2.75, 3.05) is 17.3 Å². The van der Waals surface area contributed by atoms with Crippen LogP contribution in [0.1, 0.15) is 0 Å². The van der Waals surface area contributed by atoms with Crippen molar-refractivity contribution in [3.8, 4) is 0 Å². The molecule has 1 unspecified atom stereocenters. The molecule has 3 N–H and O–H groups in total. The molecule has 0 aromatic heterocycles. The lowest BCUT2D eigenvalue weighted by Gasteiger charge is -2.25. The van der Waals surface area contributed by atoms with Crippen molar-refractivity contribution < 1.29 is 0 Å². The molecule has 2 aliphatic heterocycles. The van der Waals surface area contributed by atoms with Gasteiger partial charge in [-0.3, -0.25) is 10.3 Å². The van der Waals surface area contributed by atoms with E-state index in [9.17, 15) is 0 Å². The summed E-state index contributed by atoms with van der Waals surface area (Å²) in [5.74, 6) is 0.985. The molecule has 13 heavy (non-hydrogen) atoms. The summed E-state index contributed by atoms with van der Waals surface area (Å²) < 4.78 is 0. The number of hydrogen-bond acceptors (Lipinski definition) is 4. The van der Waals surface area contributed by atoms with E-state index >= 15 is 0 Å². The van der Waals surface area contributed by atoms with Crippen LogP contribution in [0, 0.1) is 0 Å². The predicted octanol–water partition coefficient (Wildman–Crippen LogP) is 0.809. The lowest BCUT2D eigenvalue weighted by Crippen LogP contribution is -2.44. The minimum absolute atomic E-state index is 0.162. The third-order valence-corrected chi connectivity index (χ3v) is 2.31. The van der Waals surface area contributed by atoms with Crippen LogP contribution in [0.15, 0.2) is 29.3 Å². The molecule has 0 amide bonds. The molecule has 0 radical (unpaired) electrons. The first-order valence-electron chi connectivity index (χ1n) is 4.34. The van der Waals surface area contributed by atoms with E-state index in [1.54, 1.807) is 0 Å². The molecule has 2 aliphatic rings. The second-order valence-corrected chi connectivity index (χ2v) is 3.15. The lowest BCUT2D eigenvalue weighted by atomic mass is 10.2. The number of aliphatic imine (C=N–C) groups is 1. The highest BCUT2D eigenvalue weighted by atomic mass is 15.3. The summed E-state index contributed by atoms with van der Waals surface area (Å²) >= 11 is 0. The van der Waals surface area contributed by atoms with Crippen LogP contribution in [-0.2, 0) is 0 Å². The monoisotopic (exact) mass is 174 g/mol. The molecule has 1 aromatic rings. The molecule has 1 atom stereocenters. The number of rotatable bonds is 0. The molecule has 0 fully saturated rings. The van der Waals surface area contributed by atoms with Gasteiger partial charge in [0.05, 0.1) is 18.0 Å². The van der Waals surface area contributed by atoms with Gasteiger partial charge in [-0.25, -0.2) is 0 Å². The smallest absolute Gasteiger partial charge is 0.140 e. The van der Waals surface area contributed by atoms with Gasteiger partial charge in [-0.2, -0.15) is 0 Å². The summed E-state index contributed by atoms with van der Waals surface area (Å²) in [5.41, 5.74) is 2.22. The second-order valence-electron chi connectivity index (χ2n) is 3.15. The fourth-order valence-electron chi connectivity index (χ4n) is 1.65. The van der Waals surface area contributed by atoms with E-state index in [0.29, 0.717) is 6.67 Å². The zero-order chi connectivity index (χ0) is 8.67. The van der Waals surface area contributed by atoms with Gasteiger partial charge in [0, 0.05) is 0 Å². The summed E-state index contributed by atoms with van der Waals surface area (Å²) in [6, 6.07) is 8.12. The fraction of sp³-hybridized carbons (Fsp3) is 0.222. The minimum atomic E-state index is 0.162. The summed E-state index contributed by atoms with van der Waals surface area (Å²) in [6.07, 6.45) is 0.162. The van der Waals surface area contributed by atoms with Gasteiger partial charge in [0.2, 0.25) is 0 Å². The quantitative estimate of drug-likeness (QED) is 0.545. The van der Waals surface area contributed by atoms with Crippen molar-refractivity contribution in [1.29, 1.82) is 0 Å². The molecule has 0 aliphatic carbocycles. The molecule has 4 heteroatoms. The number of hydrogen-bond donors (Lipinski definition) is 3. The molecular weight excluding hydrogens is 164 g/mol. The van der Waals surface area contributed by atoms with Crippen LogP contribution in [0.3, 0.4) is 0 Å². The van der Waals surface area contributed by atoms with E-state index < -0.39 is 0 Å². The zero-order valence-electron chi connectivity index (χ0n) is 7.04. The third kappa shape index (κ3) is 0.990. The van der Waals surface area contributed by atoms with Gasteiger partial charge in [-0.15, -0.1) is 0 Å². The Bertz CT molecular complexity index is 372. The van der Waals surface area contributed by atoms with Crippen molar-refractivity contribution in [1.82, 2.24) is 5.32 Å². The Labute approximate surface area is 76.1 Å². The van der Waals surface area contributed by atoms with Crippen LogP contribution in [0.4, 0.5) is 11.4 Å². The number of fused-ring (bicyclic) bond motifs is 2. The summed E-state index contributed by atoms with van der Waals surface area (Å²) in [7, 11) is 0. The van der Waals surface area contributed by atoms with Crippen molar-refractivity contribution in [2.24, 2.45) is 4.99 Å². The van der Waals surface area contributed by atoms with Gasteiger partial charge in [0.25, 0.3) is 0 Å². The number of nitrogens with zero attached hydrogens (tertiary/aromatic N) is 1. The standard InChI is InChI=1S/C9H10N4/c1-2-4-7-6(3-1)12-8-9(13-7)11-5-10-8/h1-4,8,10,12H,5H2,(H,11,13). The van der Waals surface area contributed by atoms with E-state index in [1.807, 2.05) is 18.2 Å². The van der Waals surface area contributed by atoms with E-state index in [2.05, 4.69) is 27.0 Å². The zero-order valence-corrected chi connectivity index (χ0v) is 7.04. The molecule has 3 rings (SSSR count). The van der Waals surface area contributed by atoms with E-state index in [1.165, 1.54) is 0 Å². The predicted molar refractivity (Wildman–Crippen MR) is 52.9 cm³/mol. The van der Waals surface area contributed by atoms with Gasteiger partial charge in [0.1, 0.15) is 12.0 Å². The van der Waals surface area contributed by atoms with Crippen molar-refractivity contribution in [3.63, 3.8) is 0 Å². The maximum Gasteiger partial charge on any atom is 0.140 e. The third-order valence-electron chi connectivity index (χ3n) is 2.31. The first-order chi connectivity index (χ1) is 6.43. The average molecular weight is 174 g/mol. The number of amidine groups is 1. The molecule has 0 saturated carbocycles. The average Bonchev–Trinajstić information content (AvgIpc) is 2.61. The van der Waals surface area contributed by atoms with E-state index in [0.717, 1.165) is 17.2 Å². The number of anilines is 2. The highest BCUT2D eigenvalue weighted by Gasteiger charge is 2.25. The van der Waals surface area contributed by atoms with Crippen LogP contribution >= 0.6 is 0 Å². The van der Waals surface area contributed by atoms with Crippen LogP contribution in [-0.4, -0.2) is 18.7 Å². The van der Waals surface area contributed by atoms with Crippen LogP contribution < -0.4 is 16.0 Å². The summed E-state index contributed by atoms with van der Waals surface area (Å²) in [5, 5.41) is 9.86. The molecule has 66 valence electrons. The van der Waals surface area contributed by atoms with Crippen molar-refractivity contribution >= 4 is 17.2 Å². The Morgan fingerprint density at radius 3 is 3.00 bits per heavy atom. The van der Waals surface area contributed by atoms with Gasteiger partial charge in [-0.05, 0) is 12.1 Å². The molecule has 1 aromatic carbocycles. The molecule has 0 saturated heterocycles. The van der Waals surface area contributed by atoms with Gasteiger partial charge in [-0.1, -0.05) is 12.1 Å². The molecule has 0 spiro atoms. The van der Waals surface area contributed by atoms with Crippen LogP contribution in [0.5, 0.6) is 0 Å². The minimum Gasteiger partial charge on any atom is -0.362 e. The second kappa shape index (κ2) is 2.47. The fourth-order valence-corrected chi connectivity index (χ4v) is 1.65. The first-order valence-corrected chi connectivity index (χ1v) is 4.34. The highest BCUT2D eigenvalue weighted by Crippen LogP contribution is 2.26. The summed E-state index contributed by atoms with van der Waals surface area (Å²) in [4.78, 5) is 4.29. The maximum absolute atomic E-state index is 4.29. The number of para-hydroxylation sites is 2. The van der Waals surface area contributed by atoms with E-state index in [-0.39, 0.29) is 6.17 Å². The van der Waals surface area contributed by atoms with Gasteiger partial charge in [0.15, 0.2) is 0 Å². The normalized spacial score (nSPS) is 23.7. The van der Waals surface area contributed by atoms with Crippen molar-refractivity contribution in [3.05, 3.63) is 24.3 Å². The number of benzene rings is 1. The van der Waals surface area contributed by atoms with Gasteiger partial charge < -0.3 is 10.6 Å². The maximum atomic E-state index is 4.29. The molecular formula is C9H10N4. The van der Waals surface area contributed by atoms with Crippen LogP contribution in [0.25, 0.3) is 0 Å². The summed E-state index contributed by atoms with van der Waals surface area (Å²) in [6.45, 7) is 0.688. The van der Waals surface area contributed by atoms with Gasteiger partial charge >= 0.3 is 0 Å². The van der Waals surface area contributed by atoms with E-state index in [4.69, 9.17) is 0 Å². The Morgan fingerprint density at radius 1 is 1.23 bits per heavy atom. The largest absolute Gasteiger partial charge is 0.362 e. The SMILES string of the molecule is c1ccc2c(c1)NC1=NCNC1N2. The van der Waals surface area contributed by atoms with Crippen molar-refractivity contribution in [2.45, 2.75) is 6.17 Å². The Kier molecular flexibility index (Phi) is 1.31. The number of nitrogens with one attached hydrogen (secondary N) is 3. The van der Waals surface area contributed by atoms with Crippen LogP contribution in [0.2, 0.25) is 0 Å². The topological polar surface area (TPSA) is 48.5 Å². The Hall–Kier alpha value is -1.55. The highest BCUT2D eigenvalue weighted by molar-refractivity contribution is 6.06. The molecule has 4 nitrogen and oxygen atoms in total. The molecule has 0 bridgehead atoms. The Morgan fingerprint density at radius 2 is 2.08 bits per heavy atom. The Balaban J connectivity index is 2.04. The first kappa shape index (κ1) is 6.91. The lowest BCUT2D eigenvalue weighted by molar-refractivity contribution is 0.734. The molecule has 2 heterocycles.